The van der Waals surface area contributed by atoms with Crippen LogP contribution in [0, 0.1) is 11.3 Å². The Hall–Kier alpha value is -4.55. The lowest BCUT2D eigenvalue weighted by Gasteiger charge is -2.12. The van der Waals surface area contributed by atoms with Gasteiger partial charge in [0.2, 0.25) is 5.91 Å². The van der Waals surface area contributed by atoms with E-state index in [0.717, 1.165) is 15.8 Å². The van der Waals surface area contributed by atoms with E-state index < -0.39 is 5.56 Å². The minimum absolute atomic E-state index is 0.0951. The Bertz CT molecular complexity index is 1480. The van der Waals surface area contributed by atoms with Crippen molar-refractivity contribution in [1.29, 1.82) is 5.26 Å². The molecule has 0 saturated carbocycles. The van der Waals surface area contributed by atoms with E-state index >= 15 is 0 Å². The van der Waals surface area contributed by atoms with Crippen LogP contribution in [0.1, 0.15) is 16.7 Å². The van der Waals surface area contributed by atoms with Crippen LogP contribution in [0.15, 0.2) is 88.8 Å². The van der Waals surface area contributed by atoms with Gasteiger partial charge in [-0.2, -0.15) is 5.26 Å². The molecule has 0 radical (unpaired) electrons. The molecule has 4 rings (SSSR count). The van der Waals surface area contributed by atoms with E-state index in [0.29, 0.717) is 29.2 Å². The molecule has 0 aliphatic heterocycles. The number of thioether (sulfide) groups is 1. The maximum atomic E-state index is 12.7. The minimum Gasteiger partial charge on any atom is -0.497 e. The number of aromatic nitrogens is 2. The first-order valence-corrected chi connectivity index (χ1v) is 12.0. The predicted molar refractivity (Wildman–Crippen MR) is 140 cm³/mol. The fourth-order valence-electron chi connectivity index (χ4n) is 3.51. The Kier molecular flexibility index (Phi) is 7.68. The Morgan fingerprint density at radius 1 is 1.08 bits per heavy atom. The first-order chi connectivity index (χ1) is 17.5. The lowest BCUT2D eigenvalue weighted by Crippen LogP contribution is -2.32. The van der Waals surface area contributed by atoms with Crippen molar-refractivity contribution < 1.29 is 9.53 Å². The van der Waals surface area contributed by atoms with E-state index in [4.69, 9.17) is 10.6 Å². The van der Waals surface area contributed by atoms with Crippen LogP contribution in [0.3, 0.4) is 0 Å². The zero-order chi connectivity index (χ0) is 25.5. The zero-order valence-corrected chi connectivity index (χ0v) is 20.3. The number of carbonyl (C=O) groups excluding carboxylic acids is 1. The second-order valence-electron chi connectivity index (χ2n) is 7.83. The third-order valence-corrected chi connectivity index (χ3v) is 6.37. The van der Waals surface area contributed by atoms with E-state index in [9.17, 15) is 14.9 Å². The van der Waals surface area contributed by atoms with Gasteiger partial charge in [-0.15, -0.1) is 0 Å². The normalized spacial score (nSPS) is 10.4. The SMILES string of the molecule is COc1cccc(-c2nc(SCc3ccc(NC(=O)Cc4ccccc4)cc3)n(N)c(=O)c2C#N)c1. The summed E-state index contributed by atoms with van der Waals surface area (Å²) in [5.74, 6) is 6.93. The second-order valence-corrected chi connectivity index (χ2v) is 8.78. The van der Waals surface area contributed by atoms with Crippen LogP contribution in [0.25, 0.3) is 11.3 Å². The highest BCUT2D eigenvalue weighted by molar-refractivity contribution is 7.98. The molecule has 1 aromatic heterocycles. The van der Waals surface area contributed by atoms with Crippen LogP contribution >= 0.6 is 11.8 Å². The molecule has 8 nitrogen and oxygen atoms in total. The van der Waals surface area contributed by atoms with E-state index in [1.54, 1.807) is 24.3 Å². The number of amides is 1. The lowest BCUT2D eigenvalue weighted by atomic mass is 10.1. The number of nitrogens with two attached hydrogens (primary N) is 1. The number of nitrogens with zero attached hydrogens (tertiary/aromatic N) is 3. The van der Waals surface area contributed by atoms with E-state index in [2.05, 4.69) is 10.3 Å². The number of rotatable bonds is 8. The van der Waals surface area contributed by atoms with Crippen molar-refractivity contribution in [3.8, 4) is 23.1 Å². The number of nitrogens with one attached hydrogen (secondary N) is 1. The molecule has 0 fully saturated rings. The summed E-state index contributed by atoms with van der Waals surface area (Å²) in [7, 11) is 1.54. The molecule has 1 heterocycles. The summed E-state index contributed by atoms with van der Waals surface area (Å²) < 4.78 is 6.15. The molecule has 0 aliphatic rings. The van der Waals surface area contributed by atoms with Crippen LogP contribution in [-0.4, -0.2) is 22.7 Å². The third kappa shape index (κ3) is 5.74. The fraction of sp³-hybridized carbons (Fsp3) is 0.111. The number of anilines is 1. The molecule has 3 aromatic carbocycles. The second kappa shape index (κ2) is 11.3. The smallest absolute Gasteiger partial charge is 0.291 e. The molecule has 9 heteroatoms. The summed E-state index contributed by atoms with van der Waals surface area (Å²) in [5, 5.41) is 12.7. The van der Waals surface area contributed by atoms with Crippen molar-refractivity contribution in [2.75, 3.05) is 18.3 Å². The van der Waals surface area contributed by atoms with Gasteiger partial charge in [-0.05, 0) is 35.4 Å². The molecule has 0 aliphatic carbocycles. The van der Waals surface area contributed by atoms with Crippen molar-refractivity contribution in [3.63, 3.8) is 0 Å². The van der Waals surface area contributed by atoms with Crippen molar-refractivity contribution in [2.45, 2.75) is 17.3 Å². The summed E-state index contributed by atoms with van der Waals surface area (Å²) in [5.41, 5.74) is 2.66. The topological polar surface area (TPSA) is 123 Å². The molecule has 1 amide bonds. The Labute approximate surface area is 212 Å². The van der Waals surface area contributed by atoms with Gasteiger partial charge in [-0.25, -0.2) is 9.66 Å². The largest absolute Gasteiger partial charge is 0.497 e. The number of methoxy groups -OCH3 is 1. The molecule has 0 spiro atoms. The molecule has 0 atom stereocenters. The van der Waals surface area contributed by atoms with Crippen LogP contribution in [-0.2, 0) is 17.0 Å². The van der Waals surface area contributed by atoms with Crippen LogP contribution in [0.4, 0.5) is 5.69 Å². The maximum Gasteiger partial charge on any atom is 0.291 e. The number of nitriles is 1. The van der Waals surface area contributed by atoms with E-state index in [-0.39, 0.29) is 22.3 Å². The number of benzene rings is 3. The minimum atomic E-state index is -0.621. The summed E-state index contributed by atoms with van der Waals surface area (Å²) in [6.45, 7) is 0. The first kappa shape index (κ1) is 24.6. The standard InChI is InChI=1S/C27H23N5O3S/c1-35-22-9-5-8-20(15-22)25-23(16-28)26(34)32(29)27(31-25)36-17-19-10-12-21(13-11-19)30-24(33)14-18-6-3-2-4-7-18/h2-13,15H,14,17,29H2,1H3,(H,30,33). The molecule has 4 aromatic rings. The number of carbonyl (C=O) groups is 1. The summed E-state index contributed by atoms with van der Waals surface area (Å²) in [4.78, 5) is 29.6. The predicted octanol–water partition coefficient (Wildman–Crippen LogP) is 3.98. The van der Waals surface area contributed by atoms with Gasteiger partial charge in [0.15, 0.2) is 5.16 Å². The molecule has 180 valence electrons. The molecule has 0 unspecified atom stereocenters. The average Bonchev–Trinajstić information content (AvgIpc) is 2.90. The summed E-state index contributed by atoms with van der Waals surface area (Å²) in [6.07, 6.45) is 0.298. The quantitative estimate of drug-likeness (QED) is 0.214. The van der Waals surface area contributed by atoms with Crippen molar-refractivity contribution in [2.24, 2.45) is 0 Å². The van der Waals surface area contributed by atoms with Crippen molar-refractivity contribution >= 4 is 23.4 Å². The van der Waals surface area contributed by atoms with Gasteiger partial charge in [0.1, 0.15) is 17.4 Å². The molecular weight excluding hydrogens is 474 g/mol. The highest BCUT2D eigenvalue weighted by Crippen LogP contribution is 2.27. The zero-order valence-electron chi connectivity index (χ0n) is 19.5. The average molecular weight is 498 g/mol. The molecule has 0 bridgehead atoms. The van der Waals surface area contributed by atoms with Crippen molar-refractivity contribution in [3.05, 3.63) is 106 Å². The Morgan fingerprint density at radius 3 is 2.53 bits per heavy atom. The van der Waals surface area contributed by atoms with Gasteiger partial charge in [0, 0.05) is 17.0 Å². The highest BCUT2D eigenvalue weighted by atomic mass is 32.2. The van der Waals surface area contributed by atoms with Gasteiger partial charge < -0.3 is 15.9 Å². The molecule has 0 saturated heterocycles. The van der Waals surface area contributed by atoms with Crippen molar-refractivity contribution in [1.82, 2.24) is 9.66 Å². The van der Waals surface area contributed by atoms with Crippen LogP contribution in [0.2, 0.25) is 0 Å². The number of hydrogen-bond acceptors (Lipinski definition) is 7. The number of hydrogen-bond donors (Lipinski definition) is 2. The molecule has 3 N–H and O–H groups in total. The van der Waals surface area contributed by atoms with E-state index in [1.807, 2.05) is 60.7 Å². The highest BCUT2D eigenvalue weighted by Gasteiger charge is 2.18. The van der Waals surface area contributed by atoms with Gasteiger partial charge in [0.05, 0.1) is 19.2 Å². The Balaban J connectivity index is 1.48. The van der Waals surface area contributed by atoms with E-state index in [1.165, 1.54) is 18.9 Å². The fourth-order valence-corrected chi connectivity index (χ4v) is 4.38. The summed E-state index contributed by atoms with van der Waals surface area (Å²) in [6, 6.07) is 25.9. The van der Waals surface area contributed by atoms with Crippen LogP contribution in [0.5, 0.6) is 5.75 Å². The maximum absolute atomic E-state index is 12.7. The number of nitrogen functional groups attached to an aromatic ring is 1. The van der Waals surface area contributed by atoms with Gasteiger partial charge >= 0.3 is 0 Å². The molecular formula is C27H23N5O3S. The van der Waals surface area contributed by atoms with Gasteiger partial charge in [0.25, 0.3) is 5.56 Å². The lowest BCUT2D eigenvalue weighted by molar-refractivity contribution is -0.115. The van der Waals surface area contributed by atoms with Crippen LogP contribution < -0.4 is 21.5 Å². The first-order valence-electron chi connectivity index (χ1n) is 11.0. The third-order valence-electron chi connectivity index (χ3n) is 5.35. The van der Waals surface area contributed by atoms with Gasteiger partial charge in [-0.1, -0.05) is 66.4 Å². The monoisotopic (exact) mass is 497 g/mol. The number of ether oxygens (including phenoxy) is 1. The molecule has 36 heavy (non-hydrogen) atoms. The Morgan fingerprint density at radius 2 is 1.83 bits per heavy atom. The van der Waals surface area contributed by atoms with Gasteiger partial charge in [-0.3, -0.25) is 9.59 Å². The summed E-state index contributed by atoms with van der Waals surface area (Å²) >= 11 is 1.27.